The Hall–Kier alpha value is -1.39. The first-order valence-electron chi connectivity index (χ1n) is 9.00. The molecule has 152 valence electrons. The average molecular weight is 490 g/mol. The van der Waals surface area contributed by atoms with Gasteiger partial charge in [-0.2, -0.15) is 0 Å². The van der Waals surface area contributed by atoms with Gasteiger partial charge in [-0.1, -0.05) is 12.1 Å². The minimum Gasteiger partial charge on any atom is -0.383 e. The van der Waals surface area contributed by atoms with Crippen molar-refractivity contribution < 1.29 is 14.3 Å². The summed E-state index contributed by atoms with van der Waals surface area (Å²) >= 11 is 0. The van der Waals surface area contributed by atoms with Crippen LogP contribution < -0.4 is 10.6 Å². The van der Waals surface area contributed by atoms with Crippen LogP contribution in [0.4, 0.5) is 0 Å². The van der Waals surface area contributed by atoms with Crippen LogP contribution >= 0.6 is 24.0 Å². The van der Waals surface area contributed by atoms with E-state index in [1.54, 1.807) is 14.2 Å². The number of methoxy groups -OCH3 is 1. The molecule has 2 N–H and O–H groups in total. The summed E-state index contributed by atoms with van der Waals surface area (Å²) in [6.45, 7) is 7.21. The smallest absolute Gasteiger partial charge is 0.254 e. The molecule has 1 heterocycles. The zero-order chi connectivity index (χ0) is 18.9. The van der Waals surface area contributed by atoms with E-state index in [-0.39, 0.29) is 42.1 Å². The van der Waals surface area contributed by atoms with E-state index in [0.29, 0.717) is 38.3 Å². The number of morpholine rings is 1. The van der Waals surface area contributed by atoms with Gasteiger partial charge in [-0.25, -0.2) is 0 Å². The molecule has 8 heteroatoms. The maximum Gasteiger partial charge on any atom is 0.254 e. The van der Waals surface area contributed by atoms with E-state index in [4.69, 9.17) is 9.47 Å². The van der Waals surface area contributed by atoms with Gasteiger partial charge in [-0.05, 0) is 31.5 Å². The number of hydrogen-bond donors (Lipinski definition) is 2. The van der Waals surface area contributed by atoms with Gasteiger partial charge in [0.05, 0.1) is 18.8 Å². The molecular formula is C19H31IN4O3. The van der Waals surface area contributed by atoms with Crippen LogP contribution in [0, 0.1) is 0 Å². The third kappa shape index (κ3) is 7.63. The van der Waals surface area contributed by atoms with E-state index in [2.05, 4.69) is 15.6 Å². The second-order valence-corrected chi connectivity index (χ2v) is 6.51. The van der Waals surface area contributed by atoms with Gasteiger partial charge < -0.3 is 25.0 Å². The van der Waals surface area contributed by atoms with Crippen LogP contribution in [-0.4, -0.2) is 69.4 Å². The fourth-order valence-electron chi connectivity index (χ4n) is 2.97. The maximum atomic E-state index is 12.7. The van der Waals surface area contributed by atoms with Crippen molar-refractivity contribution in [3.63, 3.8) is 0 Å². The largest absolute Gasteiger partial charge is 0.383 e. The highest BCUT2D eigenvalue weighted by atomic mass is 127. The second kappa shape index (κ2) is 12.1. The lowest BCUT2D eigenvalue weighted by molar-refractivity contribution is -0.0586. The molecule has 1 saturated heterocycles. The standard InChI is InChI=1S/C19H30N4O3.HI/c1-14-12-23(13-15(2)26-14)18(24)17-7-5-16(6-8-17)11-22-19(20-3)21-9-10-25-4;/h5-8,14-15H,9-13H2,1-4H3,(H2,20,21,22);1H. The Morgan fingerprint density at radius 1 is 1.22 bits per heavy atom. The van der Waals surface area contributed by atoms with Crippen molar-refractivity contribution in [2.75, 3.05) is 40.4 Å². The van der Waals surface area contributed by atoms with Crippen molar-refractivity contribution in [3.8, 4) is 0 Å². The number of nitrogens with one attached hydrogen (secondary N) is 2. The first-order chi connectivity index (χ1) is 12.5. The van der Waals surface area contributed by atoms with Gasteiger partial charge in [0.15, 0.2) is 5.96 Å². The first-order valence-corrected chi connectivity index (χ1v) is 9.00. The summed E-state index contributed by atoms with van der Waals surface area (Å²) in [5.41, 5.74) is 1.79. The monoisotopic (exact) mass is 490 g/mol. The van der Waals surface area contributed by atoms with Crippen LogP contribution in [-0.2, 0) is 16.0 Å². The molecule has 0 saturated carbocycles. The van der Waals surface area contributed by atoms with E-state index in [1.807, 2.05) is 43.0 Å². The average Bonchev–Trinajstić information content (AvgIpc) is 2.63. The number of hydrogen-bond acceptors (Lipinski definition) is 4. The van der Waals surface area contributed by atoms with E-state index in [9.17, 15) is 4.79 Å². The Morgan fingerprint density at radius 2 is 1.85 bits per heavy atom. The molecule has 0 aromatic heterocycles. The van der Waals surface area contributed by atoms with Crippen LogP contribution in [0.25, 0.3) is 0 Å². The highest BCUT2D eigenvalue weighted by Gasteiger charge is 2.26. The van der Waals surface area contributed by atoms with E-state index >= 15 is 0 Å². The van der Waals surface area contributed by atoms with E-state index in [1.165, 1.54) is 0 Å². The van der Waals surface area contributed by atoms with Gasteiger partial charge in [0, 0.05) is 45.9 Å². The molecule has 1 aromatic carbocycles. The number of nitrogens with zero attached hydrogens (tertiary/aromatic N) is 2. The number of guanidine groups is 1. The fourth-order valence-corrected chi connectivity index (χ4v) is 2.97. The lowest BCUT2D eigenvalue weighted by Crippen LogP contribution is -2.48. The molecule has 0 bridgehead atoms. The minimum atomic E-state index is 0. The quantitative estimate of drug-likeness (QED) is 0.276. The normalized spacial score (nSPS) is 20.0. The van der Waals surface area contributed by atoms with Crippen LogP contribution in [0.1, 0.15) is 29.8 Å². The molecule has 1 aliphatic heterocycles. The number of amides is 1. The van der Waals surface area contributed by atoms with Crippen molar-refractivity contribution in [1.82, 2.24) is 15.5 Å². The number of ether oxygens (including phenoxy) is 2. The molecule has 0 spiro atoms. The molecule has 1 fully saturated rings. The summed E-state index contributed by atoms with van der Waals surface area (Å²) in [6, 6.07) is 7.70. The molecule has 1 aromatic rings. The van der Waals surface area contributed by atoms with Crippen LogP contribution in [0.2, 0.25) is 0 Å². The highest BCUT2D eigenvalue weighted by molar-refractivity contribution is 14.0. The summed E-state index contributed by atoms with van der Waals surface area (Å²) in [7, 11) is 3.40. The number of halogens is 1. The summed E-state index contributed by atoms with van der Waals surface area (Å²) in [5.74, 6) is 0.780. The second-order valence-electron chi connectivity index (χ2n) is 6.51. The molecule has 27 heavy (non-hydrogen) atoms. The Morgan fingerprint density at radius 3 is 2.41 bits per heavy atom. The van der Waals surface area contributed by atoms with Crippen molar-refractivity contribution in [3.05, 3.63) is 35.4 Å². The molecule has 2 unspecified atom stereocenters. The molecule has 1 amide bonds. The van der Waals surface area contributed by atoms with Crippen LogP contribution in [0.5, 0.6) is 0 Å². The SMILES string of the molecule is CN=C(NCCOC)NCc1ccc(C(=O)N2CC(C)OC(C)C2)cc1.I. The molecule has 2 rings (SSSR count). The van der Waals surface area contributed by atoms with E-state index in [0.717, 1.165) is 11.5 Å². The molecule has 0 aliphatic carbocycles. The fraction of sp³-hybridized carbons (Fsp3) is 0.579. The van der Waals surface area contributed by atoms with Crippen molar-refractivity contribution >= 4 is 35.8 Å². The molecular weight excluding hydrogens is 459 g/mol. The maximum absolute atomic E-state index is 12.7. The summed E-state index contributed by atoms with van der Waals surface area (Å²) in [5, 5.41) is 6.40. The Kier molecular flexibility index (Phi) is 10.6. The summed E-state index contributed by atoms with van der Waals surface area (Å²) in [4.78, 5) is 18.7. The van der Waals surface area contributed by atoms with Crippen molar-refractivity contribution in [1.29, 1.82) is 0 Å². The summed E-state index contributed by atoms with van der Waals surface area (Å²) in [6.07, 6.45) is 0.145. The van der Waals surface area contributed by atoms with Gasteiger partial charge in [-0.15, -0.1) is 24.0 Å². The predicted molar refractivity (Wildman–Crippen MR) is 118 cm³/mol. The molecule has 2 atom stereocenters. The highest BCUT2D eigenvalue weighted by Crippen LogP contribution is 2.15. The number of carbonyl (C=O) groups excluding carboxylic acids is 1. The van der Waals surface area contributed by atoms with Crippen LogP contribution in [0.15, 0.2) is 29.3 Å². The van der Waals surface area contributed by atoms with Gasteiger partial charge in [0.25, 0.3) is 5.91 Å². The van der Waals surface area contributed by atoms with Gasteiger partial charge >= 0.3 is 0 Å². The van der Waals surface area contributed by atoms with Gasteiger partial charge in [0.2, 0.25) is 0 Å². The zero-order valence-corrected chi connectivity index (χ0v) is 18.9. The number of benzene rings is 1. The van der Waals surface area contributed by atoms with E-state index < -0.39 is 0 Å². The Labute approximate surface area is 178 Å². The van der Waals surface area contributed by atoms with Crippen molar-refractivity contribution in [2.24, 2.45) is 4.99 Å². The summed E-state index contributed by atoms with van der Waals surface area (Å²) < 4.78 is 10.7. The number of rotatable bonds is 6. The molecule has 7 nitrogen and oxygen atoms in total. The Bertz CT molecular complexity index is 599. The lowest BCUT2D eigenvalue weighted by Gasteiger charge is -2.35. The first kappa shape index (κ1) is 23.6. The van der Waals surface area contributed by atoms with Gasteiger partial charge in [-0.3, -0.25) is 9.79 Å². The van der Waals surface area contributed by atoms with Crippen LogP contribution in [0.3, 0.4) is 0 Å². The van der Waals surface area contributed by atoms with Gasteiger partial charge in [0.1, 0.15) is 0 Å². The topological polar surface area (TPSA) is 75.2 Å². The predicted octanol–water partition coefficient (Wildman–Crippen LogP) is 1.87. The van der Waals surface area contributed by atoms with Crippen molar-refractivity contribution in [2.45, 2.75) is 32.6 Å². The molecule has 1 aliphatic rings. The minimum absolute atomic E-state index is 0. The lowest BCUT2D eigenvalue weighted by atomic mass is 10.1. The number of aliphatic imine (C=N–C) groups is 1. The zero-order valence-electron chi connectivity index (χ0n) is 16.5. The molecule has 0 radical (unpaired) electrons. The number of carbonyl (C=O) groups is 1. The third-order valence-corrected chi connectivity index (χ3v) is 4.19. The third-order valence-electron chi connectivity index (χ3n) is 4.19. The Balaban J connectivity index is 0.00000364.